The molecule has 0 bridgehead atoms. The Morgan fingerprint density at radius 2 is 2.27 bits per heavy atom. The van der Waals surface area contributed by atoms with Crippen LogP contribution in [0.1, 0.15) is 26.7 Å². The summed E-state index contributed by atoms with van der Waals surface area (Å²) in [6, 6.07) is 0.287. The number of nitrogens with two attached hydrogens (primary N) is 1. The van der Waals surface area contributed by atoms with Gasteiger partial charge in [-0.25, -0.2) is 0 Å². The Kier molecular flexibility index (Phi) is 5.84. The summed E-state index contributed by atoms with van der Waals surface area (Å²) in [5, 5.41) is 0. The SMILES string of the molecule is CCC(N)=NC(C)CCOC. The molecule has 0 aliphatic carbocycles. The van der Waals surface area contributed by atoms with E-state index >= 15 is 0 Å². The van der Waals surface area contributed by atoms with E-state index < -0.39 is 0 Å². The minimum Gasteiger partial charge on any atom is -0.387 e. The Balaban J connectivity index is 3.57. The molecule has 0 spiro atoms. The highest BCUT2D eigenvalue weighted by atomic mass is 16.5. The molecule has 0 aromatic heterocycles. The summed E-state index contributed by atoms with van der Waals surface area (Å²) in [5.74, 6) is 0.730. The van der Waals surface area contributed by atoms with Crippen molar-refractivity contribution in [1.29, 1.82) is 0 Å². The molecule has 0 heterocycles. The molecule has 1 unspecified atom stereocenters. The van der Waals surface area contributed by atoms with Gasteiger partial charge in [-0.05, 0) is 13.3 Å². The number of ether oxygens (including phenoxy) is 1. The Hall–Kier alpha value is -0.570. The quantitative estimate of drug-likeness (QED) is 0.482. The zero-order valence-electron chi connectivity index (χ0n) is 7.63. The molecule has 3 heteroatoms. The molecule has 2 N–H and O–H groups in total. The van der Waals surface area contributed by atoms with Gasteiger partial charge >= 0.3 is 0 Å². The van der Waals surface area contributed by atoms with Gasteiger partial charge in [-0.3, -0.25) is 4.99 Å². The van der Waals surface area contributed by atoms with Crippen LogP contribution in [0.4, 0.5) is 0 Å². The molecule has 0 aromatic carbocycles. The fourth-order valence-corrected chi connectivity index (χ4v) is 0.727. The fraction of sp³-hybridized carbons (Fsp3) is 0.875. The predicted octanol–water partition coefficient (Wildman–Crippen LogP) is 1.18. The molecular weight excluding hydrogens is 140 g/mol. The van der Waals surface area contributed by atoms with Crippen LogP contribution in [0, 0.1) is 0 Å². The van der Waals surface area contributed by atoms with E-state index in [4.69, 9.17) is 10.5 Å². The van der Waals surface area contributed by atoms with Crippen LogP contribution in [-0.2, 0) is 4.74 Å². The molecule has 0 aliphatic rings. The number of nitrogens with zero attached hydrogens (tertiary/aromatic N) is 1. The maximum absolute atomic E-state index is 5.55. The largest absolute Gasteiger partial charge is 0.387 e. The van der Waals surface area contributed by atoms with E-state index in [0.29, 0.717) is 0 Å². The first-order valence-corrected chi connectivity index (χ1v) is 4.01. The maximum Gasteiger partial charge on any atom is 0.0937 e. The van der Waals surface area contributed by atoms with E-state index in [2.05, 4.69) is 4.99 Å². The molecule has 0 aromatic rings. The second kappa shape index (κ2) is 6.16. The summed E-state index contributed by atoms with van der Waals surface area (Å²) in [7, 11) is 1.69. The molecule has 0 fully saturated rings. The Labute approximate surface area is 68.6 Å². The first-order valence-electron chi connectivity index (χ1n) is 4.01. The summed E-state index contributed by atoms with van der Waals surface area (Å²) in [4.78, 5) is 4.25. The molecule has 0 saturated carbocycles. The van der Waals surface area contributed by atoms with Crippen LogP contribution in [0.2, 0.25) is 0 Å². The molecular formula is C8H18N2O. The summed E-state index contributed by atoms with van der Waals surface area (Å²) < 4.78 is 4.92. The third-order valence-electron chi connectivity index (χ3n) is 1.49. The van der Waals surface area contributed by atoms with Gasteiger partial charge in [0.05, 0.1) is 11.9 Å². The first-order chi connectivity index (χ1) is 5.20. The highest BCUT2D eigenvalue weighted by molar-refractivity contribution is 5.80. The molecule has 3 nitrogen and oxygen atoms in total. The molecule has 0 amide bonds. The second-order valence-electron chi connectivity index (χ2n) is 2.60. The number of hydrogen-bond acceptors (Lipinski definition) is 2. The van der Waals surface area contributed by atoms with Crippen molar-refractivity contribution in [3.05, 3.63) is 0 Å². The van der Waals surface area contributed by atoms with Gasteiger partial charge in [-0.1, -0.05) is 6.92 Å². The molecule has 0 radical (unpaired) electrons. The van der Waals surface area contributed by atoms with E-state index in [-0.39, 0.29) is 6.04 Å². The summed E-state index contributed by atoms with van der Waals surface area (Å²) in [6.45, 7) is 4.80. The van der Waals surface area contributed by atoms with E-state index in [1.807, 2.05) is 13.8 Å². The van der Waals surface area contributed by atoms with Gasteiger partial charge in [-0.2, -0.15) is 0 Å². The van der Waals surface area contributed by atoms with Crippen molar-refractivity contribution < 1.29 is 4.74 Å². The van der Waals surface area contributed by atoms with Crippen molar-refractivity contribution in [3.63, 3.8) is 0 Å². The van der Waals surface area contributed by atoms with Gasteiger partial charge in [0.25, 0.3) is 0 Å². The van der Waals surface area contributed by atoms with Gasteiger partial charge < -0.3 is 10.5 Å². The highest BCUT2D eigenvalue weighted by Gasteiger charge is 1.98. The molecule has 0 rings (SSSR count). The molecule has 11 heavy (non-hydrogen) atoms. The smallest absolute Gasteiger partial charge is 0.0937 e. The van der Waals surface area contributed by atoms with Crippen LogP contribution in [0.25, 0.3) is 0 Å². The average Bonchev–Trinajstić information content (AvgIpc) is 2.00. The lowest BCUT2D eigenvalue weighted by atomic mass is 10.2. The normalized spacial score (nSPS) is 15.0. The Morgan fingerprint density at radius 3 is 2.73 bits per heavy atom. The van der Waals surface area contributed by atoms with Crippen molar-refractivity contribution in [1.82, 2.24) is 0 Å². The van der Waals surface area contributed by atoms with Crippen molar-refractivity contribution >= 4 is 5.84 Å². The van der Waals surface area contributed by atoms with Gasteiger partial charge in [0.15, 0.2) is 0 Å². The lowest BCUT2D eigenvalue weighted by molar-refractivity contribution is 0.190. The van der Waals surface area contributed by atoms with E-state index in [1.54, 1.807) is 7.11 Å². The second-order valence-corrected chi connectivity index (χ2v) is 2.60. The standard InChI is InChI=1S/C8H18N2O/c1-4-8(9)10-7(2)5-6-11-3/h7H,4-6H2,1-3H3,(H2,9,10). The molecule has 0 saturated heterocycles. The average molecular weight is 158 g/mol. The van der Waals surface area contributed by atoms with E-state index in [1.165, 1.54) is 0 Å². The van der Waals surface area contributed by atoms with Crippen LogP contribution in [0.5, 0.6) is 0 Å². The Morgan fingerprint density at radius 1 is 1.64 bits per heavy atom. The maximum atomic E-state index is 5.55. The van der Waals surface area contributed by atoms with Crippen LogP contribution in [-0.4, -0.2) is 25.6 Å². The molecule has 0 aliphatic heterocycles. The monoisotopic (exact) mass is 158 g/mol. The fourth-order valence-electron chi connectivity index (χ4n) is 0.727. The number of rotatable bonds is 5. The molecule has 1 atom stereocenters. The van der Waals surface area contributed by atoms with Gasteiger partial charge in [-0.15, -0.1) is 0 Å². The van der Waals surface area contributed by atoms with Crippen molar-refractivity contribution in [2.45, 2.75) is 32.7 Å². The van der Waals surface area contributed by atoms with E-state index in [9.17, 15) is 0 Å². The van der Waals surface area contributed by atoms with Gasteiger partial charge in [0.2, 0.25) is 0 Å². The third kappa shape index (κ3) is 5.85. The topological polar surface area (TPSA) is 47.6 Å². The third-order valence-corrected chi connectivity index (χ3v) is 1.49. The van der Waals surface area contributed by atoms with Crippen molar-refractivity contribution in [2.75, 3.05) is 13.7 Å². The van der Waals surface area contributed by atoms with E-state index in [0.717, 1.165) is 25.3 Å². The zero-order chi connectivity index (χ0) is 8.69. The number of methoxy groups -OCH3 is 1. The number of amidine groups is 1. The van der Waals surface area contributed by atoms with Crippen LogP contribution >= 0.6 is 0 Å². The van der Waals surface area contributed by atoms with Gasteiger partial charge in [0, 0.05) is 20.1 Å². The predicted molar refractivity (Wildman–Crippen MR) is 47.9 cm³/mol. The summed E-state index contributed by atoms with van der Waals surface area (Å²) in [5.41, 5.74) is 5.55. The minimum absolute atomic E-state index is 0.287. The number of hydrogen-bond donors (Lipinski definition) is 1. The van der Waals surface area contributed by atoms with Crippen LogP contribution < -0.4 is 5.73 Å². The lowest BCUT2D eigenvalue weighted by Gasteiger charge is -2.05. The Bertz CT molecular complexity index is 123. The zero-order valence-corrected chi connectivity index (χ0v) is 7.63. The lowest BCUT2D eigenvalue weighted by Crippen LogP contribution is -2.14. The van der Waals surface area contributed by atoms with Crippen molar-refractivity contribution in [2.24, 2.45) is 10.7 Å². The minimum atomic E-state index is 0.287. The first kappa shape index (κ1) is 10.4. The molecule has 66 valence electrons. The highest BCUT2D eigenvalue weighted by Crippen LogP contribution is 1.97. The summed E-state index contributed by atoms with van der Waals surface area (Å²) in [6.07, 6.45) is 1.77. The van der Waals surface area contributed by atoms with Gasteiger partial charge in [0.1, 0.15) is 0 Å². The van der Waals surface area contributed by atoms with Crippen LogP contribution in [0.15, 0.2) is 4.99 Å². The van der Waals surface area contributed by atoms with Crippen molar-refractivity contribution in [3.8, 4) is 0 Å². The number of aliphatic imine (C=N–C) groups is 1. The van der Waals surface area contributed by atoms with Crippen LogP contribution in [0.3, 0.4) is 0 Å². The summed E-state index contributed by atoms with van der Waals surface area (Å²) >= 11 is 0.